The zero-order valence-electron chi connectivity index (χ0n) is 27.0. The van der Waals surface area contributed by atoms with Gasteiger partial charge < -0.3 is 29.6 Å². The maximum absolute atomic E-state index is 14.1. The third-order valence-corrected chi connectivity index (χ3v) is 9.99. The quantitative estimate of drug-likeness (QED) is 0.120. The van der Waals surface area contributed by atoms with E-state index in [0.717, 1.165) is 43.6 Å². The monoisotopic (exact) mass is 658 g/mol. The highest BCUT2D eigenvalue weighted by Crippen LogP contribution is 2.51. The number of phenolic OH excluding ortho intramolecular Hbond substituents is 1. The molecular formula is C37H36B2N2O8. The molecule has 1 aliphatic carbocycles. The molecule has 0 saturated carbocycles. The molecule has 1 aromatic heterocycles. The van der Waals surface area contributed by atoms with E-state index in [1.54, 1.807) is 31.5 Å². The number of hydrogen-bond acceptors (Lipinski definition) is 9. The molecule has 0 bridgehead atoms. The Morgan fingerprint density at radius 3 is 2.57 bits per heavy atom. The molecule has 2 saturated heterocycles. The molecule has 12 heteroatoms. The molecule has 0 radical (unpaired) electrons. The first-order chi connectivity index (χ1) is 23.7. The van der Waals surface area contributed by atoms with Gasteiger partial charge in [0.2, 0.25) is 11.8 Å². The SMILES string of the molecule is COCC1=C2[C@@H](CC/C(=C/c3ccc(O)c4ccccc34)c3ccccn3)OB(O)C[C@@H]2[C@@H]2C(=O)N(c3cccc(B(O)O)c3)C(=O)[C@@H]2C1. The summed E-state index contributed by atoms with van der Waals surface area (Å²) in [6.07, 6.45) is 4.71. The van der Waals surface area contributed by atoms with E-state index < -0.39 is 38.1 Å². The maximum Gasteiger partial charge on any atom is 0.488 e. The van der Waals surface area contributed by atoms with Crippen LogP contribution in [0.25, 0.3) is 22.4 Å². The summed E-state index contributed by atoms with van der Waals surface area (Å²) in [5.41, 5.74) is 4.87. The highest BCUT2D eigenvalue weighted by Gasteiger charge is 2.57. The Hall–Kier alpha value is -4.58. The van der Waals surface area contributed by atoms with E-state index in [1.807, 2.05) is 48.5 Å². The van der Waals surface area contributed by atoms with Gasteiger partial charge in [0.25, 0.3) is 0 Å². The van der Waals surface area contributed by atoms with Crippen LogP contribution in [0.3, 0.4) is 0 Å². The number of hydrogen-bond donors (Lipinski definition) is 4. The molecule has 4 N–H and O–H groups in total. The molecule has 0 spiro atoms. The fourth-order valence-electron chi connectivity index (χ4n) is 7.88. The largest absolute Gasteiger partial charge is 0.507 e. The van der Waals surface area contributed by atoms with Crippen LogP contribution in [0, 0.1) is 17.8 Å². The van der Waals surface area contributed by atoms with Crippen LogP contribution in [-0.2, 0) is 19.0 Å². The Morgan fingerprint density at radius 2 is 1.82 bits per heavy atom. The number of allylic oxidation sites excluding steroid dienone is 1. The number of phenols is 1. The van der Waals surface area contributed by atoms with Crippen LogP contribution < -0.4 is 10.4 Å². The first-order valence-corrected chi connectivity index (χ1v) is 16.5. The van der Waals surface area contributed by atoms with Crippen LogP contribution in [0.2, 0.25) is 6.32 Å². The molecule has 248 valence electrons. The summed E-state index contributed by atoms with van der Waals surface area (Å²) < 4.78 is 11.8. The smallest absolute Gasteiger partial charge is 0.488 e. The van der Waals surface area contributed by atoms with Gasteiger partial charge in [0.15, 0.2) is 0 Å². The molecule has 2 fully saturated rings. The number of methoxy groups -OCH3 is 1. The van der Waals surface area contributed by atoms with E-state index in [4.69, 9.17) is 9.39 Å². The summed E-state index contributed by atoms with van der Waals surface area (Å²) in [5.74, 6) is -2.33. The third-order valence-electron chi connectivity index (χ3n) is 9.99. The van der Waals surface area contributed by atoms with Crippen molar-refractivity contribution in [2.45, 2.75) is 31.7 Å². The van der Waals surface area contributed by atoms with Crippen molar-refractivity contribution in [3.05, 3.63) is 107 Å². The zero-order chi connectivity index (χ0) is 34.2. The lowest BCUT2D eigenvalue weighted by Gasteiger charge is -2.43. The molecule has 0 unspecified atom stereocenters. The average molecular weight is 658 g/mol. The first-order valence-electron chi connectivity index (χ1n) is 16.5. The number of fused-ring (bicyclic) bond motifs is 4. The van der Waals surface area contributed by atoms with Gasteiger partial charge in [0.1, 0.15) is 5.75 Å². The van der Waals surface area contributed by atoms with E-state index in [1.165, 1.54) is 12.1 Å². The van der Waals surface area contributed by atoms with Crippen molar-refractivity contribution in [2.24, 2.45) is 17.8 Å². The zero-order valence-corrected chi connectivity index (χ0v) is 27.0. The Labute approximate surface area is 284 Å². The predicted molar refractivity (Wildman–Crippen MR) is 187 cm³/mol. The number of anilines is 1. The Bertz CT molecular complexity index is 1970. The first kappa shape index (κ1) is 32.9. The van der Waals surface area contributed by atoms with Crippen LogP contribution >= 0.6 is 0 Å². The summed E-state index contributed by atoms with van der Waals surface area (Å²) in [6.45, 7) is 0.251. The van der Waals surface area contributed by atoms with Crippen molar-refractivity contribution in [3.63, 3.8) is 0 Å². The van der Waals surface area contributed by atoms with E-state index in [0.29, 0.717) is 19.3 Å². The molecule has 49 heavy (non-hydrogen) atoms. The Morgan fingerprint density at radius 1 is 1.02 bits per heavy atom. The van der Waals surface area contributed by atoms with Crippen molar-refractivity contribution in [3.8, 4) is 5.75 Å². The summed E-state index contributed by atoms with van der Waals surface area (Å²) in [7, 11) is -1.30. The second kappa shape index (κ2) is 13.7. The predicted octanol–water partition coefficient (Wildman–Crippen LogP) is 3.59. The third kappa shape index (κ3) is 6.22. The fourth-order valence-corrected chi connectivity index (χ4v) is 7.88. The minimum Gasteiger partial charge on any atom is -0.507 e. The number of carbonyl (C=O) groups is 2. The summed E-state index contributed by atoms with van der Waals surface area (Å²) >= 11 is 0. The number of aromatic nitrogens is 1. The number of nitrogens with zero attached hydrogens (tertiary/aromatic N) is 2. The van der Waals surface area contributed by atoms with Crippen LogP contribution in [0.4, 0.5) is 5.69 Å². The van der Waals surface area contributed by atoms with Gasteiger partial charge in [-0.1, -0.05) is 48.5 Å². The molecule has 2 aliphatic heterocycles. The number of imide groups is 1. The number of carbonyl (C=O) groups excluding carboxylic acids is 2. The lowest BCUT2D eigenvalue weighted by atomic mass is 9.58. The fraction of sp³-hybridized carbons (Fsp3) is 0.270. The standard InChI is InChI=1S/C37H36B2N2O8/c1-48-21-24-18-29-35(37(44)41(36(29)43)26-8-6-7-25(19-26)39(46)47)30-20-38(45)49-33(34(24)30)15-13-23(31-11-4-5-16-40-31)17-22-12-14-32(42)28-10-3-2-9-27(22)28/h2-12,14,16-17,19,29-30,33,35,42,45-47H,13,15,18,20-21H2,1H3/b23-17-/t29-,30+,33-,35-/m1/s1. The van der Waals surface area contributed by atoms with Gasteiger partial charge in [0.05, 0.1) is 35.9 Å². The number of aromatic hydroxyl groups is 1. The van der Waals surface area contributed by atoms with Gasteiger partial charge in [-0.3, -0.25) is 19.5 Å². The van der Waals surface area contributed by atoms with Crippen LogP contribution in [-0.4, -0.2) is 71.0 Å². The van der Waals surface area contributed by atoms with Crippen LogP contribution in [0.15, 0.2) is 96.2 Å². The minimum absolute atomic E-state index is 0.158. The normalized spacial score (nSPS) is 22.5. The molecule has 4 aromatic rings. The number of benzene rings is 3. The van der Waals surface area contributed by atoms with Crippen molar-refractivity contribution < 1.29 is 39.2 Å². The Kier molecular flexibility index (Phi) is 9.23. The van der Waals surface area contributed by atoms with Gasteiger partial charge in [-0.2, -0.15) is 0 Å². The van der Waals surface area contributed by atoms with Crippen LogP contribution in [0.1, 0.15) is 30.5 Å². The van der Waals surface area contributed by atoms with Gasteiger partial charge in [0, 0.05) is 18.7 Å². The van der Waals surface area contributed by atoms with E-state index in [-0.39, 0.29) is 41.6 Å². The van der Waals surface area contributed by atoms with Crippen molar-refractivity contribution >= 4 is 59.6 Å². The summed E-state index contributed by atoms with van der Waals surface area (Å²) in [6, 6.07) is 23.1. The maximum atomic E-state index is 14.1. The van der Waals surface area contributed by atoms with E-state index in [9.17, 15) is 29.8 Å². The highest BCUT2D eigenvalue weighted by atomic mass is 16.5. The average Bonchev–Trinajstić information content (AvgIpc) is 3.36. The second-order valence-electron chi connectivity index (χ2n) is 12.9. The highest BCUT2D eigenvalue weighted by molar-refractivity contribution is 6.58. The van der Waals surface area contributed by atoms with E-state index >= 15 is 0 Å². The van der Waals surface area contributed by atoms with E-state index in [2.05, 4.69) is 11.1 Å². The lowest BCUT2D eigenvalue weighted by molar-refractivity contribution is -0.122. The van der Waals surface area contributed by atoms with Crippen molar-refractivity contribution in [1.29, 1.82) is 0 Å². The molecule has 3 aliphatic rings. The summed E-state index contributed by atoms with van der Waals surface area (Å²) in [4.78, 5) is 33.8. The number of pyridine rings is 1. The van der Waals surface area contributed by atoms with Gasteiger partial charge in [-0.25, -0.2) is 0 Å². The minimum atomic E-state index is -1.75. The molecule has 7 rings (SSSR count). The number of ether oxygens (including phenoxy) is 1. The molecule has 3 heterocycles. The van der Waals surface area contributed by atoms with Crippen molar-refractivity contribution in [1.82, 2.24) is 4.98 Å². The topological polar surface area (TPSA) is 150 Å². The van der Waals surface area contributed by atoms with Crippen molar-refractivity contribution in [2.75, 3.05) is 18.6 Å². The number of amides is 2. The van der Waals surface area contributed by atoms with Gasteiger partial charge in [-0.15, -0.1) is 0 Å². The molecule has 4 atom stereocenters. The van der Waals surface area contributed by atoms with Crippen LogP contribution in [0.5, 0.6) is 5.75 Å². The van der Waals surface area contributed by atoms with Gasteiger partial charge in [-0.05, 0) is 101 Å². The molecular weight excluding hydrogens is 622 g/mol. The lowest BCUT2D eigenvalue weighted by Crippen LogP contribution is -2.46. The van der Waals surface area contributed by atoms with Gasteiger partial charge >= 0.3 is 14.2 Å². The Balaban J connectivity index is 1.23. The molecule has 10 nitrogen and oxygen atoms in total. The summed E-state index contributed by atoms with van der Waals surface area (Å²) in [5, 5.41) is 42.6. The second-order valence-corrected chi connectivity index (χ2v) is 12.9. The molecule has 2 amide bonds. The number of rotatable bonds is 9. The molecule has 3 aromatic carbocycles.